The van der Waals surface area contributed by atoms with Gasteiger partial charge in [-0.1, -0.05) is 5.22 Å². The number of hydrogen-bond acceptors (Lipinski definition) is 4. The van der Waals surface area contributed by atoms with Gasteiger partial charge < -0.3 is 15.9 Å². The van der Waals surface area contributed by atoms with Gasteiger partial charge in [-0.3, -0.25) is 4.79 Å². The van der Waals surface area contributed by atoms with Crippen molar-refractivity contribution in [3.05, 3.63) is 29.8 Å². The smallest absolute Gasteiger partial charge is 0.251 e. The zero-order chi connectivity index (χ0) is 11.8. The van der Waals surface area contributed by atoms with Gasteiger partial charge in [0.15, 0.2) is 0 Å². The van der Waals surface area contributed by atoms with Crippen LogP contribution in [-0.4, -0.2) is 26.1 Å². The number of rotatable bonds is 5. The van der Waals surface area contributed by atoms with Crippen LogP contribution >= 0.6 is 0 Å². The Morgan fingerprint density at radius 1 is 1.44 bits per heavy atom. The summed E-state index contributed by atoms with van der Waals surface area (Å²) in [6.07, 6.45) is 0. The Labute approximate surface area is 93.5 Å². The molecule has 16 heavy (non-hydrogen) atoms. The maximum absolute atomic E-state index is 11.6. The lowest BCUT2D eigenvalue weighted by Crippen LogP contribution is -2.25. The van der Waals surface area contributed by atoms with E-state index in [0.29, 0.717) is 24.4 Å². The number of nitrogens with two attached hydrogens (primary N) is 1. The first-order valence-corrected chi connectivity index (χ1v) is 4.77. The van der Waals surface area contributed by atoms with Crippen LogP contribution < -0.4 is 15.9 Å². The quantitative estimate of drug-likeness (QED) is 0.333. The van der Waals surface area contributed by atoms with Crippen LogP contribution in [0.15, 0.2) is 34.6 Å². The summed E-state index contributed by atoms with van der Waals surface area (Å²) in [5.41, 5.74) is 0.575. The van der Waals surface area contributed by atoms with Crippen LogP contribution in [0.5, 0.6) is 5.75 Å². The number of carbonyl (C=O) groups is 1. The van der Waals surface area contributed by atoms with Crippen molar-refractivity contribution < 1.29 is 9.53 Å². The number of nitrogens with one attached hydrogen (secondary N) is 1. The number of carbonyl (C=O) groups excluding carboxylic acids is 1. The summed E-state index contributed by atoms with van der Waals surface area (Å²) in [5, 5.41) is 9.30. The molecule has 0 bridgehead atoms. The van der Waals surface area contributed by atoms with E-state index in [-0.39, 0.29) is 5.91 Å². The summed E-state index contributed by atoms with van der Waals surface area (Å²) in [6.45, 7) is 0.782. The monoisotopic (exact) mass is 222 g/mol. The van der Waals surface area contributed by atoms with Gasteiger partial charge >= 0.3 is 0 Å². The SMILES string of the molecule is COc1ccc(C(=O)NCCN=NN)cc1. The maximum Gasteiger partial charge on any atom is 0.251 e. The normalized spacial score (nSPS) is 10.3. The molecule has 0 aromatic heterocycles. The highest BCUT2D eigenvalue weighted by Crippen LogP contribution is 2.10. The molecule has 0 heterocycles. The summed E-state index contributed by atoms with van der Waals surface area (Å²) in [4.78, 5) is 11.6. The molecule has 0 saturated carbocycles. The number of nitrogens with zero attached hydrogens (tertiary/aromatic N) is 2. The highest BCUT2D eigenvalue weighted by molar-refractivity contribution is 5.94. The average molecular weight is 222 g/mol. The molecule has 0 aliphatic carbocycles. The van der Waals surface area contributed by atoms with E-state index >= 15 is 0 Å². The van der Waals surface area contributed by atoms with Gasteiger partial charge in [0, 0.05) is 12.1 Å². The number of hydrogen-bond donors (Lipinski definition) is 2. The Balaban J connectivity index is 2.46. The molecule has 1 aromatic rings. The topological polar surface area (TPSA) is 89.1 Å². The summed E-state index contributed by atoms with van der Waals surface area (Å²) in [5.74, 6) is 5.38. The lowest BCUT2D eigenvalue weighted by atomic mass is 10.2. The number of benzene rings is 1. The van der Waals surface area contributed by atoms with E-state index in [1.165, 1.54) is 0 Å². The van der Waals surface area contributed by atoms with E-state index in [1.54, 1.807) is 31.4 Å². The van der Waals surface area contributed by atoms with Crippen molar-refractivity contribution in [1.82, 2.24) is 5.32 Å². The second kappa shape index (κ2) is 6.39. The predicted molar refractivity (Wildman–Crippen MR) is 59.2 cm³/mol. The second-order valence-corrected chi connectivity index (χ2v) is 2.96. The third-order valence-corrected chi connectivity index (χ3v) is 1.93. The van der Waals surface area contributed by atoms with Crippen molar-refractivity contribution in [2.24, 2.45) is 16.2 Å². The highest BCUT2D eigenvalue weighted by atomic mass is 16.5. The third kappa shape index (κ3) is 3.56. The zero-order valence-electron chi connectivity index (χ0n) is 9.01. The van der Waals surface area contributed by atoms with E-state index in [9.17, 15) is 4.79 Å². The lowest BCUT2D eigenvalue weighted by molar-refractivity contribution is 0.0954. The standard InChI is InChI=1S/C10H14N4O2/c1-16-9-4-2-8(3-5-9)10(15)12-6-7-13-14-11/h2-5H,6-7H2,1H3,(H2,11,13)(H,12,15). The molecule has 0 radical (unpaired) electrons. The molecular weight excluding hydrogens is 208 g/mol. The van der Waals surface area contributed by atoms with Crippen LogP contribution in [-0.2, 0) is 0 Å². The number of methoxy groups -OCH3 is 1. The average Bonchev–Trinajstić information content (AvgIpc) is 2.34. The van der Waals surface area contributed by atoms with Crippen molar-refractivity contribution in [2.75, 3.05) is 20.2 Å². The fraction of sp³-hybridized carbons (Fsp3) is 0.300. The molecule has 86 valence electrons. The largest absolute Gasteiger partial charge is 0.497 e. The van der Waals surface area contributed by atoms with Crippen LogP contribution in [0.2, 0.25) is 0 Å². The first-order chi connectivity index (χ1) is 7.77. The van der Waals surface area contributed by atoms with Gasteiger partial charge in [-0.25, -0.2) is 0 Å². The molecule has 6 nitrogen and oxygen atoms in total. The van der Waals surface area contributed by atoms with Gasteiger partial charge in [-0.15, -0.1) is 0 Å². The van der Waals surface area contributed by atoms with Gasteiger partial charge in [0.05, 0.1) is 13.7 Å². The van der Waals surface area contributed by atoms with Crippen molar-refractivity contribution >= 4 is 5.91 Å². The molecule has 0 aliphatic rings. The predicted octanol–water partition coefficient (Wildman–Crippen LogP) is 0.751. The van der Waals surface area contributed by atoms with E-state index in [2.05, 4.69) is 15.7 Å². The van der Waals surface area contributed by atoms with Gasteiger partial charge in [-0.05, 0) is 24.3 Å². The molecule has 1 amide bonds. The maximum atomic E-state index is 11.6. The van der Waals surface area contributed by atoms with Gasteiger partial charge in [0.25, 0.3) is 5.91 Å². The Morgan fingerprint density at radius 3 is 2.69 bits per heavy atom. The third-order valence-electron chi connectivity index (χ3n) is 1.93. The fourth-order valence-corrected chi connectivity index (χ4v) is 1.12. The Hall–Kier alpha value is -2.11. The molecular formula is C10H14N4O2. The minimum absolute atomic E-state index is 0.158. The van der Waals surface area contributed by atoms with Crippen LogP contribution in [0, 0.1) is 0 Å². The molecule has 3 N–H and O–H groups in total. The molecule has 0 unspecified atom stereocenters. The Morgan fingerprint density at radius 2 is 2.12 bits per heavy atom. The summed E-state index contributed by atoms with van der Waals surface area (Å²) in [7, 11) is 1.58. The molecule has 0 fully saturated rings. The molecule has 0 atom stereocenters. The van der Waals surface area contributed by atoms with Gasteiger partial charge in [0.2, 0.25) is 0 Å². The molecule has 6 heteroatoms. The fourth-order valence-electron chi connectivity index (χ4n) is 1.12. The minimum Gasteiger partial charge on any atom is -0.497 e. The van der Waals surface area contributed by atoms with Crippen LogP contribution in [0.1, 0.15) is 10.4 Å². The lowest BCUT2D eigenvalue weighted by Gasteiger charge is -2.04. The number of ether oxygens (including phenoxy) is 1. The second-order valence-electron chi connectivity index (χ2n) is 2.96. The summed E-state index contributed by atoms with van der Waals surface area (Å²) < 4.78 is 4.99. The zero-order valence-corrected chi connectivity index (χ0v) is 9.01. The van der Waals surface area contributed by atoms with Crippen molar-refractivity contribution in [1.29, 1.82) is 0 Å². The Bertz CT molecular complexity index is 362. The van der Waals surface area contributed by atoms with E-state index in [1.807, 2.05) is 0 Å². The number of amides is 1. The minimum atomic E-state index is -0.158. The van der Waals surface area contributed by atoms with E-state index in [4.69, 9.17) is 10.6 Å². The van der Waals surface area contributed by atoms with Crippen molar-refractivity contribution in [2.45, 2.75) is 0 Å². The van der Waals surface area contributed by atoms with E-state index < -0.39 is 0 Å². The first kappa shape index (κ1) is 12.0. The van der Waals surface area contributed by atoms with Crippen molar-refractivity contribution in [3.63, 3.8) is 0 Å². The summed E-state index contributed by atoms with van der Waals surface area (Å²) >= 11 is 0. The van der Waals surface area contributed by atoms with Crippen LogP contribution in [0.3, 0.4) is 0 Å². The Kier molecular flexibility index (Phi) is 4.78. The van der Waals surface area contributed by atoms with Gasteiger partial charge in [-0.2, -0.15) is 5.11 Å². The molecule has 0 aliphatic heterocycles. The molecule has 1 rings (SSSR count). The van der Waals surface area contributed by atoms with Gasteiger partial charge in [0.1, 0.15) is 5.75 Å². The van der Waals surface area contributed by atoms with E-state index in [0.717, 1.165) is 0 Å². The molecule has 1 aromatic carbocycles. The highest BCUT2D eigenvalue weighted by Gasteiger charge is 2.03. The molecule has 0 saturated heterocycles. The van der Waals surface area contributed by atoms with Crippen molar-refractivity contribution in [3.8, 4) is 5.75 Å². The van der Waals surface area contributed by atoms with Crippen LogP contribution in [0.25, 0.3) is 0 Å². The van der Waals surface area contributed by atoms with Crippen LogP contribution in [0.4, 0.5) is 0 Å². The summed E-state index contributed by atoms with van der Waals surface area (Å²) in [6, 6.07) is 6.85. The molecule has 0 spiro atoms. The first-order valence-electron chi connectivity index (χ1n) is 4.77.